The van der Waals surface area contributed by atoms with E-state index in [-0.39, 0.29) is 11.9 Å². The Morgan fingerprint density at radius 2 is 2.00 bits per heavy atom. The number of nitrogens with two attached hydrogens (primary N) is 2. The molecule has 0 radical (unpaired) electrons. The van der Waals surface area contributed by atoms with Crippen LogP contribution < -0.4 is 11.5 Å². The summed E-state index contributed by atoms with van der Waals surface area (Å²) in [7, 11) is 0. The third-order valence-electron chi connectivity index (χ3n) is 1.24. The highest BCUT2D eigenvalue weighted by Crippen LogP contribution is 2.04. The van der Waals surface area contributed by atoms with Crippen LogP contribution >= 0.6 is 0 Å². The van der Waals surface area contributed by atoms with Gasteiger partial charge in [0.25, 0.3) is 0 Å². The van der Waals surface area contributed by atoms with Crippen molar-refractivity contribution in [3.05, 3.63) is 0 Å². The first-order valence-electron chi connectivity index (χ1n) is 3.56. The van der Waals surface area contributed by atoms with Gasteiger partial charge in [-0.25, -0.2) is 0 Å². The summed E-state index contributed by atoms with van der Waals surface area (Å²) in [5, 5.41) is 0. The molecular weight excluding hydrogens is 128 g/mol. The Morgan fingerprint density at radius 1 is 1.50 bits per heavy atom. The van der Waals surface area contributed by atoms with Gasteiger partial charge in [0.05, 0.1) is 0 Å². The summed E-state index contributed by atoms with van der Waals surface area (Å²) in [6.45, 7) is 4.14. The molecule has 0 aliphatic rings. The number of hydrogen-bond donors (Lipinski definition) is 2. The zero-order valence-corrected chi connectivity index (χ0v) is 6.63. The van der Waals surface area contributed by atoms with Crippen LogP contribution in [-0.4, -0.2) is 11.9 Å². The van der Waals surface area contributed by atoms with E-state index < -0.39 is 0 Å². The fourth-order valence-electron chi connectivity index (χ4n) is 0.947. The van der Waals surface area contributed by atoms with Crippen LogP contribution in [0.4, 0.5) is 0 Å². The molecule has 0 saturated carbocycles. The van der Waals surface area contributed by atoms with E-state index in [9.17, 15) is 4.79 Å². The first kappa shape index (κ1) is 9.43. The Labute approximate surface area is 61.8 Å². The van der Waals surface area contributed by atoms with Crippen LogP contribution in [0.25, 0.3) is 0 Å². The molecule has 0 rings (SSSR count). The lowest BCUT2D eigenvalue weighted by molar-refractivity contribution is -0.118. The van der Waals surface area contributed by atoms with Gasteiger partial charge in [-0.05, 0) is 12.3 Å². The molecule has 0 aliphatic heterocycles. The maximum absolute atomic E-state index is 10.3. The van der Waals surface area contributed by atoms with Crippen molar-refractivity contribution in [3.8, 4) is 0 Å². The zero-order chi connectivity index (χ0) is 8.15. The van der Waals surface area contributed by atoms with E-state index in [2.05, 4.69) is 13.8 Å². The Bertz CT molecular complexity index is 112. The molecule has 3 heteroatoms. The average molecular weight is 144 g/mol. The molecule has 1 atom stereocenters. The van der Waals surface area contributed by atoms with Crippen molar-refractivity contribution in [2.75, 3.05) is 0 Å². The molecule has 1 amide bonds. The van der Waals surface area contributed by atoms with Crippen molar-refractivity contribution in [3.63, 3.8) is 0 Å². The smallest absolute Gasteiger partial charge is 0.218 e. The number of hydrogen-bond acceptors (Lipinski definition) is 2. The van der Waals surface area contributed by atoms with Crippen LogP contribution in [0, 0.1) is 5.92 Å². The van der Waals surface area contributed by atoms with E-state index >= 15 is 0 Å². The van der Waals surface area contributed by atoms with Gasteiger partial charge >= 0.3 is 0 Å². The highest BCUT2D eigenvalue weighted by Gasteiger charge is 2.07. The lowest BCUT2D eigenvalue weighted by atomic mass is 10.0. The summed E-state index contributed by atoms with van der Waals surface area (Å²) >= 11 is 0. The van der Waals surface area contributed by atoms with Crippen molar-refractivity contribution < 1.29 is 4.79 Å². The van der Waals surface area contributed by atoms with Gasteiger partial charge in [-0.3, -0.25) is 4.79 Å². The molecule has 0 unspecified atom stereocenters. The second-order valence-corrected chi connectivity index (χ2v) is 3.06. The van der Waals surface area contributed by atoms with Crippen LogP contribution in [0.2, 0.25) is 0 Å². The monoisotopic (exact) mass is 144 g/mol. The summed E-state index contributed by atoms with van der Waals surface area (Å²) in [6, 6.07) is -0.0579. The third-order valence-corrected chi connectivity index (χ3v) is 1.24. The highest BCUT2D eigenvalue weighted by atomic mass is 16.1. The van der Waals surface area contributed by atoms with Crippen molar-refractivity contribution in [1.82, 2.24) is 0 Å². The molecule has 3 nitrogen and oxygen atoms in total. The maximum Gasteiger partial charge on any atom is 0.218 e. The van der Waals surface area contributed by atoms with E-state index in [0.29, 0.717) is 12.3 Å². The van der Waals surface area contributed by atoms with Crippen molar-refractivity contribution in [1.29, 1.82) is 0 Å². The van der Waals surface area contributed by atoms with E-state index in [4.69, 9.17) is 11.5 Å². The number of rotatable bonds is 4. The molecule has 0 aromatic rings. The van der Waals surface area contributed by atoms with Crippen molar-refractivity contribution >= 4 is 5.91 Å². The normalized spacial score (nSPS) is 13.6. The number of carbonyl (C=O) groups excluding carboxylic acids is 1. The van der Waals surface area contributed by atoms with Crippen LogP contribution in [0.15, 0.2) is 0 Å². The van der Waals surface area contributed by atoms with Gasteiger partial charge in [0.1, 0.15) is 0 Å². The summed E-state index contributed by atoms with van der Waals surface area (Å²) in [5.74, 6) is 0.225. The predicted octanol–water partition coefficient (Wildman–Crippen LogP) is 0.235. The number of amides is 1. The van der Waals surface area contributed by atoms with Crippen LogP contribution in [-0.2, 0) is 4.79 Å². The van der Waals surface area contributed by atoms with Crippen LogP contribution in [0.3, 0.4) is 0 Å². The quantitative estimate of drug-likeness (QED) is 0.593. The van der Waals surface area contributed by atoms with Gasteiger partial charge < -0.3 is 11.5 Å². The maximum atomic E-state index is 10.3. The van der Waals surface area contributed by atoms with Gasteiger partial charge in [0, 0.05) is 12.5 Å². The van der Waals surface area contributed by atoms with Gasteiger partial charge in [0.15, 0.2) is 0 Å². The van der Waals surface area contributed by atoms with E-state index in [1.165, 1.54) is 0 Å². The zero-order valence-electron chi connectivity index (χ0n) is 6.63. The predicted molar refractivity (Wildman–Crippen MR) is 41.2 cm³/mol. The van der Waals surface area contributed by atoms with E-state index in [0.717, 1.165) is 6.42 Å². The second kappa shape index (κ2) is 4.28. The molecular formula is C7H16N2O. The summed E-state index contributed by atoms with van der Waals surface area (Å²) in [5.41, 5.74) is 10.5. The van der Waals surface area contributed by atoms with E-state index in [1.54, 1.807) is 0 Å². The first-order chi connectivity index (χ1) is 4.52. The molecule has 10 heavy (non-hydrogen) atoms. The molecule has 0 aliphatic carbocycles. The molecule has 0 spiro atoms. The molecule has 0 fully saturated rings. The average Bonchev–Trinajstić information content (AvgIpc) is 1.58. The fraction of sp³-hybridized carbons (Fsp3) is 0.857. The minimum atomic E-state index is -0.312. The molecule has 0 heterocycles. The lowest BCUT2D eigenvalue weighted by Crippen LogP contribution is -2.28. The molecule has 0 aromatic heterocycles. The highest BCUT2D eigenvalue weighted by molar-refractivity contribution is 5.74. The molecule has 0 aromatic carbocycles. The molecule has 4 N–H and O–H groups in total. The Hall–Kier alpha value is -0.570. The topological polar surface area (TPSA) is 69.1 Å². The van der Waals surface area contributed by atoms with Gasteiger partial charge in [-0.2, -0.15) is 0 Å². The van der Waals surface area contributed by atoms with Crippen LogP contribution in [0.5, 0.6) is 0 Å². The van der Waals surface area contributed by atoms with Gasteiger partial charge in [0.2, 0.25) is 5.91 Å². The standard InChI is InChI=1S/C7H16N2O/c1-5(2)3-6(8)4-7(9)10/h5-6H,3-4,8H2,1-2H3,(H2,9,10)/t6-/m0/s1. The molecule has 60 valence electrons. The lowest BCUT2D eigenvalue weighted by Gasteiger charge is -2.10. The Kier molecular flexibility index (Phi) is 4.03. The Morgan fingerprint density at radius 3 is 2.30 bits per heavy atom. The summed E-state index contributed by atoms with van der Waals surface area (Å²) in [6.07, 6.45) is 1.17. The number of primary amides is 1. The second-order valence-electron chi connectivity index (χ2n) is 3.06. The van der Waals surface area contributed by atoms with Crippen molar-refractivity contribution in [2.45, 2.75) is 32.7 Å². The number of carbonyl (C=O) groups is 1. The minimum Gasteiger partial charge on any atom is -0.370 e. The Balaban J connectivity index is 3.43. The summed E-state index contributed by atoms with van der Waals surface area (Å²) in [4.78, 5) is 10.3. The summed E-state index contributed by atoms with van der Waals surface area (Å²) < 4.78 is 0. The molecule has 0 bridgehead atoms. The van der Waals surface area contributed by atoms with Crippen molar-refractivity contribution in [2.24, 2.45) is 17.4 Å². The van der Waals surface area contributed by atoms with Crippen LogP contribution in [0.1, 0.15) is 26.7 Å². The SMILES string of the molecule is CC(C)C[C@H](N)CC(N)=O. The largest absolute Gasteiger partial charge is 0.370 e. The molecule has 0 saturated heterocycles. The van der Waals surface area contributed by atoms with E-state index in [1.807, 2.05) is 0 Å². The fourth-order valence-corrected chi connectivity index (χ4v) is 0.947. The third kappa shape index (κ3) is 5.56. The minimum absolute atomic E-state index is 0.0579. The first-order valence-corrected chi connectivity index (χ1v) is 3.56. The van der Waals surface area contributed by atoms with Gasteiger partial charge in [-0.1, -0.05) is 13.8 Å². The van der Waals surface area contributed by atoms with Gasteiger partial charge in [-0.15, -0.1) is 0 Å².